The quantitative estimate of drug-likeness (QED) is 0.221. The number of fused-ring (bicyclic) bond motifs is 9. The van der Waals surface area contributed by atoms with Crippen LogP contribution in [0, 0.1) is 0 Å². The molecule has 37 heavy (non-hydrogen) atoms. The second kappa shape index (κ2) is 7.99. The minimum atomic E-state index is 1.00. The van der Waals surface area contributed by atoms with Gasteiger partial charge in [-0.2, -0.15) is 0 Å². The Morgan fingerprint density at radius 2 is 0.919 bits per heavy atom. The van der Waals surface area contributed by atoms with Crippen LogP contribution in [-0.4, -0.2) is 4.98 Å². The summed E-state index contributed by atoms with van der Waals surface area (Å²) in [7, 11) is 0. The van der Waals surface area contributed by atoms with Crippen LogP contribution in [0.1, 0.15) is 0 Å². The van der Waals surface area contributed by atoms with Crippen LogP contribution in [0.2, 0.25) is 0 Å². The fourth-order valence-electron chi connectivity index (χ4n) is 5.81. The Kier molecular flexibility index (Phi) is 4.46. The largest absolute Gasteiger partial charge is 0.247 e. The van der Waals surface area contributed by atoms with Crippen molar-refractivity contribution in [3.8, 4) is 22.4 Å². The number of benzene rings is 6. The maximum absolute atomic E-state index is 5.34. The molecule has 0 unspecified atom stereocenters. The van der Waals surface area contributed by atoms with E-state index in [2.05, 4.69) is 127 Å². The van der Waals surface area contributed by atoms with Gasteiger partial charge in [-0.3, -0.25) is 0 Å². The summed E-state index contributed by atoms with van der Waals surface area (Å²) >= 11 is 1.87. The van der Waals surface area contributed by atoms with Gasteiger partial charge in [-0.05, 0) is 39.9 Å². The Hall–Kier alpha value is -4.53. The molecule has 172 valence electrons. The highest BCUT2D eigenvalue weighted by atomic mass is 32.1. The molecular formula is C35H21NS. The first-order chi connectivity index (χ1) is 18.4. The minimum Gasteiger partial charge on any atom is -0.247 e. The predicted octanol–water partition coefficient (Wildman–Crippen LogP) is 10.2. The number of pyridine rings is 1. The first-order valence-electron chi connectivity index (χ1n) is 12.6. The molecule has 0 aliphatic rings. The molecule has 0 aliphatic heterocycles. The molecule has 0 fully saturated rings. The summed E-state index contributed by atoms with van der Waals surface area (Å²) in [6, 6.07) is 45.8. The Bertz CT molecular complexity index is 2120. The van der Waals surface area contributed by atoms with Gasteiger partial charge in [0.05, 0.1) is 11.2 Å². The molecule has 2 aromatic heterocycles. The molecule has 0 N–H and O–H groups in total. The summed E-state index contributed by atoms with van der Waals surface area (Å²) < 4.78 is 2.65. The van der Waals surface area contributed by atoms with Crippen LogP contribution in [0.25, 0.3) is 75.0 Å². The fraction of sp³-hybridized carbons (Fsp3) is 0. The minimum absolute atomic E-state index is 1.00. The summed E-state index contributed by atoms with van der Waals surface area (Å²) in [6.45, 7) is 0. The smallest absolute Gasteiger partial charge is 0.0794 e. The molecule has 0 saturated carbocycles. The van der Waals surface area contributed by atoms with Crippen molar-refractivity contribution in [1.82, 2.24) is 4.98 Å². The SMILES string of the molecule is c1ccc(-c2cccc3c2sc2ccccc23)c(-c2ccc3c4ccccc4c4ccccc4c3n2)c1. The normalized spacial score (nSPS) is 11.8. The van der Waals surface area contributed by atoms with Gasteiger partial charge in [0.15, 0.2) is 0 Å². The second-order valence-electron chi connectivity index (χ2n) is 9.51. The maximum Gasteiger partial charge on any atom is 0.0794 e. The highest BCUT2D eigenvalue weighted by Gasteiger charge is 2.16. The van der Waals surface area contributed by atoms with Crippen molar-refractivity contribution in [1.29, 1.82) is 0 Å². The third-order valence-corrected chi connectivity index (χ3v) is 8.70. The van der Waals surface area contributed by atoms with E-state index in [9.17, 15) is 0 Å². The zero-order valence-corrected chi connectivity index (χ0v) is 20.8. The van der Waals surface area contributed by atoms with Crippen LogP contribution in [0.5, 0.6) is 0 Å². The zero-order chi connectivity index (χ0) is 24.3. The van der Waals surface area contributed by atoms with Crippen LogP contribution < -0.4 is 0 Å². The molecule has 0 atom stereocenters. The highest BCUT2D eigenvalue weighted by molar-refractivity contribution is 7.26. The van der Waals surface area contributed by atoms with Gasteiger partial charge < -0.3 is 0 Å². The molecule has 0 aliphatic carbocycles. The molecule has 0 bridgehead atoms. The van der Waals surface area contributed by atoms with Crippen molar-refractivity contribution in [2.45, 2.75) is 0 Å². The second-order valence-corrected chi connectivity index (χ2v) is 10.6. The lowest BCUT2D eigenvalue weighted by molar-refractivity contribution is 1.41. The lowest BCUT2D eigenvalue weighted by Crippen LogP contribution is -1.91. The van der Waals surface area contributed by atoms with E-state index in [0.29, 0.717) is 0 Å². The van der Waals surface area contributed by atoms with Crippen molar-refractivity contribution in [2.24, 2.45) is 0 Å². The number of rotatable bonds is 2. The van der Waals surface area contributed by atoms with E-state index < -0.39 is 0 Å². The van der Waals surface area contributed by atoms with E-state index in [1.54, 1.807) is 0 Å². The molecule has 0 amide bonds. The van der Waals surface area contributed by atoms with Crippen molar-refractivity contribution < 1.29 is 0 Å². The summed E-state index contributed by atoms with van der Waals surface area (Å²) in [4.78, 5) is 5.34. The molecule has 0 saturated heterocycles. The number of hydrogen-bond donors (Lipinski definition) is 0. The molecular weight excluding hydrogens is 466 g/mol. The fourth-order valence-corrected chi connectivity index (χ4v) is 7.04. The van der Waals surface area contributed by atoms with E-state index in [1.165, 1.54) is 58.2 Å². The van der Waals surface area contributed by atoms with Crippen molar-refractivity contribution in [2.75, 3.05) is 0 Å². The van der Waals surface area contributed by atoms with Gasteiger partial charge in [0, 0.05) is 42.1 Å². The molecule has 2 heteroatoms. The van der Waals surface area contributed by atoms with Gasteiger partial charge in [0.2, 0.25) is 0 Å². The van der Waals surface area contributed by atoms with E-state index in [4.69, 9.17) is 4.98 Å². The third-order valence-electron chi connectivity index (χ3n) is 7.48. The first-order valence-corrected chi connectivity index (χ1v) is 13.4. The number of hydrogen-bond acceptors (Lipinski definition) is 2. The Balaban J connectivity index is 1.42. The topological polar surface area (TPSA) is 12.9 Å². The first kappa shape index (κ1) is 20.6. The molecule has 1 nitrogen and oxygen atoms in total. The van der Waals surface area contributed by atoms with Crippen LogP contribution in [-0.2, 0) is 0 Å². The molecule has 8 aromatic rings. The summed E-state index contributed by atoms with van der Waals surface area (Å²) in [5.41, 5.74) is 5.70. The van der Waals surface area contributed by atoms with E-state index in [0.717, 1.165) is 16.8 Å². The molecule has 0 spiro atoms. The van der Waals surface area contributed by atoms with Gasteiger partial charge in [0.1, 0.15) is 0 Å². The van der Waals surface area contributed by atoms with Gasteiger partial charge in [-0.25, -0.2) is 4.98 Å². The van der Waals surface area contributed by atoms with Crippen LogP contribution in [0.4, 0.5) is 0 Å². The zero-order valence-electron chi connectivity index (χ0n) is 20.0. The van der Waals surface area contributed by atoms with Crippen molar-refractivity contribution in [3.05, 3.63) is 127 Å². The van der Waals surface area contributed by atoms with Crippen molar-refractivity contribution in [3.63, 3.8) is 0 Å². The predicted molar refractivity (Wildman–Crippen MR) is 161 cm³/mol. The van der Waals surface area contributed by atoms with Gasteiger partial charge in [0.25, 0.3) is 0 Å². The summed E-state index contributed by atoms with van der Waals surface area (Å²) in [5, 5.41) is 8.80. The highest BCUT2D eigenvalue weighted by Crippen LogP contribution is 2.43. The van der Waals surface area contributed by atoms with Gasteiger partial charge in [-0.1, -0.05) is 109 Å². The molecule has 0 radical (unpaired) electrons. The molecule has 6 aromatic carbocycles. The van der Waals surface area contributed by atoms with Crippen LogP contribution in [0.15, 0.2) is 127 Å². The Morgan fingerprint density at radius 1 is 0.378 bits per heavy atom. The van der Waals surface area contributed by atoms with Gasteiger partial charge >= 0.3 is 0 Å². The van der Waals surface area contributed by atoms with Crippen LogP contribution >= 0.6 is 11.3 Å². The van der Waals surface area contributed by atoms with Crippen molar-refractivity contribution >= 4 is 64.0 Å². The van der Waals surface area contributed by atoms with E-state index >= 15 is 0 Å². The monoisotopic (exact) mass is 487 g/mol. The maximum atomic E-state index is 5.34. The summed E-state index contributed by atoms with van der Waals surface area (Å²) in [6.07, 6.45) is 0. The number of thiophene rings is 1. The van der Waals surface area contributed by atoms with Gasteiger partial charge in [-0.15, -0.1) is 11.3 Å². The van der Waals surface area contributed by atoms with Crippen LogP contribution in [0.3, 0.4) is 0 Å². The summed E-state index contributed by atoms with van der Waals surface area (Å²) in [5.74, 6) is 0. The van der Waals surface area contributed by atoms with E-state index in [1.807, 2.05) is 11.3 Å². The Morgan fingerprint density at radius 3 is 1.70 bits per heavy atom. The lowest BCUT2D eigenvalue weighted by atomic mass is 9.94. The average Bonchev–Trinajstić information content (AvgIpc) is 3.36. The Labute approximate surface area is 218 Å². The molecule has 2 heterocycles. The standard InChI is InChI=1S/C35H21NS/c1-2-12-24-22(10-1)23-11-4-6-16-28(23)34-29(24)20-21-32(36-34)26-14-5-3-13-25(26)30-17-9-18-31-27-15-7-8-19-33(27)37-35(30)31/h1-21H. The lowest BCUT2D eigenvalue weighted by Gasteiger charge is -2.13. The third kappa shape index (κ3) is 3.06. The molecule has 8 rings (SSSR count). The average molecular weight is 488 g/mol. The number of nitrogens with zero attached hydrogens (tertiary/aromatic N) is 1. The van der Waals surface area contributed by atoms with E-state index in [-0.39, 0.29) is 0 Å². The number of aromatic nitrogens is 1.